The number of nitrogens with two attached hydrogens (primary N) is 2. The molecule has 0 aromatic heterocycles. The number of hydrogen-bond donors (Lipinski definition) is 8. The van der Waals surface area contributed by atoms with Crippen molar-refractivity contribution in [2.75, 3.05) is 13.2 Å². The van der Waals surface area contributed by atoms with Gasteiger partial charge in [0.1, 0.15) is 17.8 Å². The number of phenolic OH excluding ortho intramolecular Hbond substituents is 1. The van der Waals surface area contributed by atoms with E-state index in [4.69, 9.17) is 11.5 Å². The highest BCUT2D eigenvalue weighted by Gasteiger charge is 2.25. The highest BCUT2D eigenvalue weighted by atomic mass is 16.4. The number of phenols is 1. The number of carboxylic acid groups (broad SMARTS) is 1. The lowest BCUT2D eigenvalue weighted by molar-refractivity contribution is -0.141. The molecular formula is C19H27N5O8. The lowest BCUT2D eigenvalue weighted by Crippen LogP contribution is -2.55. The number of nitrogens with one attached hydrogen (secondary N) is 3. The Kier molecular flexibility index (Phi) is 10.6. The topological polar surface area (TPSA) is 234 Å². The maximum atomic E-state index is 12.1. The van der Waals surface area contributed by atoms with Crippen molar-refractivity contribution in [3.8, 4) is 5.75 Å². The Morgan fingerprint density at radius 1 is 0.969 bits per heavy atom. The van der Waals surface area contributed by atoms with E-state index in [1.807, 2.05) is 0 Å². The second-order valence-corrected chi connectivity index (χ2v) is 6.90. The summed E-state index contributed by atoms with van der Waals surface area (Å²) in [6.45, 7) is -1.40. The molecule has 4 amide bonds. The van der Waals surface area contributed by atoms with E-state index in [0.717, 1.165) is 0 Å². The Hall–Kier alpha value is -3.71. The Morgan fingerprint density at radius 3 is 2.12 bits per heavy atom. The summed E-state index contributed by atoms with van der Waals surface area (Å²) in [6, 6.07) is 1.91. The Bertz CT molecular complexity index is 830. The zero-order valence-corrected chi connectivity index (χ0v) is 17.1. The molecule has 10 N–H and O–H groups in total. The van der Waals surface area contributed by atoms with E-state index in [1.54, 1.807) is 0 Å². The number of rotatable bonds is 13. The predicted molar refractivity (Wildman–Crippen MR) is 110 cm³/mol. The fourth-order valence-corrected chi connectivity index (χ4v) is 2.51. The van der Waals surface area contributed by atoms with Crippen LogP contribution < -0.4 is 27.4 Å². The van der Waals surface area contributed by atoms with Gasteiger partial charge >= 0.3 is 5.97 Å². The monoisotopic (exact) mass is 453 g/mol. The second kappa shape index (κ2) is 12.9. The van der Waals surface area contributed by atoms with Crippen LogP contribution in [0.4, 0.5) is 0 Å². The molecule has 32 heavy (non-hydrogen) atoms. The smallest absolute Gasteiger partial charge is 0.326 e. The van der Waals surface area contributed by atoms with E-state index in [2.05, 4.69) is 16.0 Å². The van der Waals surface area contributed by atoms with Crippen molar-refractivity contribution in [2.24, 2.45) is 11.5 Å². The highest BCUT2D eigenvalue weighted by molar-refractivity contribution is 5.92. The number of carbonyl (C=O) groups excluding carboxylic acids is 4. The van der Waals surface area contributed by atoms with Gasteiger partial charge < -0.3 is 42.7 Å². The molecule has 1 aromatic carbocycles. The minimum Gasteiger partial charge on any atom is -0.508 e. The summed E-state index contributed by atoms with van der Waals surface area (Å²) in [4.78, 5) is 58.3. The standard InChI is InChI=1S/C19H27N5O8/c20-12(5-6-15(21)27)17(29)24-14(9-25)18(30)22-8-16(28)23-13(19(31)32)7-10-1-3-11(26)4-2-10/h1-4,12-14,25-26H,5-9,20H2,(H2,21,27)(H,22,30)(H,23,28)(H,24,29)(H,31,32). The van der Waals surface area contributed by atoms with Gasteiger partial charge in [0.2, 0.25) is 23.6 Å². The lowest BCUT2D eigenvalue weighted by Gasteiger charge is -2.19. The van der Waals surface area contributed by atoms with Crippen LogP contribution in [-0.4, -0.2) is 76.2 Å². The van der Waals surface area contributed by atoms with E-state index in [0.29, 0.717) is 5.56 Å². The molecule has 0 spiro atoms. The van der Waals surface area contributed by atoms with Crippen LogP contribution in [0.1, 0.15) is 18.4 Å². The van der Waals surface area contributed by atoms with Crippen molar-refractivity contribution in [3.05, 3.63) is 29.8 Å². The first-order valence-corrected chi connectivity index (χ1v) is 9.56. The summed E-state index contributed by atoms with van der Waals surface area (Å²) in [5, 5.41) is 34.5. The number of aliphatic hydroxyl groups is 1. The van der Waals surface area contributed by atoms with Gasteiger partial charge in [-0.3, -0.25) is 19.2 Å². The van der Waals surface area contributed by atoms with Gasteiger partial charge in [0.25, 0.3) is 0 Å². The molecule has 0 saturated carbocycles. The van der Waals surface area contributed by atoms with Crippen LogP contribution in [-0.2, 0) is 30.4 Å². The largest absolute Gasteiger partial charge is 0.508 e. The van der Waals surface area contributed by atoms with E-state index in [9.17, 15) is 39.3 Å². The molecule has 13 nitrogen and oxygen atoms in total. The van der Waals surface area contributed by atoms with Gasteiger partial charge in [0.05, 0.1) is 19.2 Å². The van der Waals surface area contributed by atoms with Crippen molar-refractivity contribution < 1.29 is 39.3 Å². The van der Waals surface area contributed by atoms with E-state index in [-0.39, 0.29) is 25.0 Å². The number of primary amides is 1. The number of carbonyl (C=O) groups is 5. The van der Waals surface area contributed by atoms with Crippen LogP contribution in [0.5, 0.6) is 5.75 Å². The molecule has 3 atom stereocenters. The van der Waals surface area contributed by atoms with Gasteiger partial charge in [-0.1, -0.05) is 12.1 Å². The zero-order valence-electron chi connectivity index (χ0n) is 17.1. The number of aliphatic hydroxyl groups excluding tert-OH is 1. The SMILES string of the molecule is NC(=O)CCC(N)C(=O)NC(CO)C(=O)NCC(=O)NC(Cc1ccc(O)cc1)C(=O)O. The minimum absolute atomic E-state index is 0.00623. The van der Waals surface area contributed by atoms with Crippen LogP contribution in [0.25, 0.3) is 0 Å². The molecule has 3 unspecified atom stereocenters. The third kappa shape index (κ3) is 9.40. The van der Waals surface area contributed by atoms with Crippen molar-refractivity contribution in [1.82, 2.24) is 16.0 Å². The maximum Gasteiger partial charge on any atom is 0.326 e. The number of hydrogen-bond acceptors (Lipinski definition) is 8. The Morgan fingerprint density at radius 2 is 1.59 bits per heavy atom. The Labute approximate surface area is 183 Å². The number of aliphatic carboxylic acids is 1. The third-order valence-corrected chi connectivity index (χ3v) is 4.29. The molecule has 1 rings (SSSR count). The molecule has 0 bridgehead atoms. The van der Waals surface area contributed by atoms with Crippen molar-refractivity contribution in [2.45, 2.75) is 37.4 Å². The van der Waals surface area contributed by atoms with E-state index >= 15 is 0 Å². The molecule has 0 aliphatic rings. The van der Waals surface area contributed by atoms with Gasteiger partial charge in [-0.2, -0.15) is 0 Å². The van der Waals surface area contributed by atoms with Crippen molar-refractivity contribution in [1.29, 1.82) is 0 Å². The fraction of sp³-hybridized carbons (Fsp3) is 0.421. The number of amides is 4. The lowest BCUT2D eigenvalue weighted by atomic mass is 10.1. The summed E-state index contributed by atoms with van der Waals surface area (Å²) in [5.41, 5.74) is 11.1. The number of benzene rings is 1. The van der Waals surface area contributed by atoms with Gasteiger partial charge in [-0.25, -0.2) is 4.79 Å². The number of aromatic hydroxyl groups is 1. The summed E-state index contributed by atoms with van der Waals surface area (Å²) < 4.78 is 0. The number of carboxylic acids is 1. The first kappa shape index (κ1) is 26.3. The summed E-state index contributed by atoms with van der Waals surface area (Å²) in [6.07, 6.45) is -0.256. The summed E-state index contributed by atoms with van der Waals surface area (Å²) >= 11 is 0. The van der Waals surface area contributed by atoms with Crippen LogP contribution in [0.15, 0.2) is 24.3 Å². The molecule has 0 radical (unpaired) electrons. The quantitative estimate of drug-likeness (QED) is 0.149. The Balaban J connectivity index is 2.55. The van der Waals surface area contributed by atoms with Gasteiger partial charge in [0.15, 0.2) is 0 Å². The molecule has 0 aliphatic heterocycles. The molecular weight excluding hydrogens is 426 g/mol. The average molecular weight is 453 g/mol. The van der Waals surface area contributed by atoms with Crippen LogP contribution >= 0.6 is 0 Å². The van der Waals surface area contributed by atoms with Gasteiger partial charge in [0, 0.05) is 12.8 Å². The van der Waals surface area contributed by atoms with Crippen molar-refractivity contribution in [3.63, 3.8) is 0 Å². The van der Waals surface area contributed by atoms with Gasteiger partial charge in [-0.15, -0.1) is 0 Å². The fourth-order valence-electron chi connectivity index (χ4n) is 2.51. The molecule has 0 fully saturated rings. The first-order chi connectivity index (χ1) is 15.0. The van der Waals surface area contributed by atoms with Crippen LogP contribution in [0, 0.1) is 0 Å². The third-order valence-electron chi connectivity index (χ3n) is 4.29. The molecule has 13 heteroatoms. The second-order valence-electron chi connectivity index (χ2n) is 6.90. The zero-order chi connectivity index (χ0) is 24.3. The van der Waals surface area contributed by atoms with Crippen LogP contribution in [0.2, 0.25) is 0 Å². The maximum absolute atomic E-state index is 12.1. The first-order valence-electron chi connectivity index (χ1n) is 9.56. The van der Waals surface area contributed by atoms with Gasteiger partial charge in [-0.05, 0) is 24.1 Å². The van der Waals surface area contributed by atoms with Crippen molar-refractivity contribution >= 4 is 29.6 Å². The van der Waals surface area contributed by atoms with E-state index in [1.165, 1.54) is 24.3 Å². The molecule has 1 aromatic rings. The average Bonchev–Trinajstić information content (AvgIpc) is 2.74. The summed E-state index contributed by atoms with van der Waals surface area (Å²) in [5.74, 6) is -4.46. The summed E-state index contributed by atoms with van der Waals surface area (Å²) in [7, 11) is 0. The predicted octanol–water partition coefficient (Wildman–Crippen LogP) is -3.31. The van der Waals surface area contributed by atoms with E-state index < -0.39 is 60.9 Å². The normalized spacial score (nSPS) is 13.3. The molecule has 0 heterocycles. The molecule has 0 aliphatic carbocycles. The minimum atomic E-state index is -1.41. The molecule has 176 valence electrons. The van der Waals surface area contributed by atoms with Crippen LogP contribution in [0.3, 0.4) is 0 Å². The molecule has 0 saturated heterocycles. The highest BCUT2D eigenvalue weighted by Crippen LogP contribution is 2.11.